The van der Waals surface area contributed by atoms with E-state index in [1.807, 2.05) is 24.3 Å². The Hall–Kier alpha value is -3.54. The van der Waals surface area contributed by atoms with Gasteiger partial charge in [0.15, 0.2) is 0 Å². The molecule has 2 amide bonds. The van der Waals surface area contributed by atoms with Gasteiger partial charge in [-0.1, -0.05) is 24.3 Å². The van der Waals surface area contributed by atoms with Crippen molar-refractivity contribution in [1.82, 2.24) is 10.2 Å². The van der Waals surface area contributed by atoms with Gasteiger partial charge in [0.1, 0.15) is 11.5 Å². The Morgan fingerprint density at radius 2 is 1.68 bits per heavy atom. The van der Waals surface area contributed by atoms with Crippen molar-refractivity contribution in [2.24, 2.45) is 5.92 Å². The summed E-state index contributed by atoms with van der Waals surface area (Å²) < 4.78 is 10.5. The van der Waals surface area contributed by atoms with Gasteiger partial charge in [-0.05, 0) is 59.2 Å². The Morgan fingerprint density at radius 3 is 2.39 bits per heavy atom. The Bertz CT molecular complexity index is 1090. The molecule has 31 heavy (non-hydrogen) atoms. The van der Waals surface area contributed by atoms with E-state index >= 15 is 0 Å². The number of methoxy groups -OCH3 is 2. The first-order valence-corrected chi connectivity index (χ1v) is 10.4. The summed E-state index contributed by atoms with van der Waals surface area (Å²) in [7, 11) is 3.25. The Labute approximate surface area is 181 Å². The number of hydrogen-bond donors (Lipinski definition) is 1. The molecular formula is C25H26N2O4. The van der Waals surface area contributed by atoms with Gasteiger partial charge in [0, 0.05) is 25.2 Å². The maximum atomic E-state index is 12.5. The highest BCUT2D eigenvalue weighted by atomic mass is 16.5. The van der Waals surface area contributed by atoms with Gasteiger partial charge < -0.3 is 19.7 Å². The number of ether oxygens (including phenoxy) is 2. The van der Waals surface area contributed by atoms with Crippen LogP contribution in [-0.2, 0) is 11.2 Å². The lowest BCUT2D eigenvalue weighted by Crippen LogP contribution is -2.55. The molecule has 3 aromatic rings. The SMILES string of the molecule is COc1ccc(C(=O)N2CC(C(=O)NCCc3cccc4ccc(OC)cc34)C2)cc1. The average molecular weight is 418 g/mol. The van der Waals surface area contributed by atoms with Gasteiger partial charge in [0.2, 0.25) is 5.91 Å². The molecule has 1 heterocycles. The summed E-state index contributed by atoms with van der Waals surface area (Å²) in [6.07, 6.45) is 0.734. The molecule has 0 saturated carbocycles. The number of carbonyl (C=O) groups excluding carboxylic acids is 2. The van der Waals surface area contributed by atoms with Gasteiger partial charge in [-0.3, -0.25) is 9.59 Å². The second-order valence-electron chi connectivity index (χ2n) is 7.68. The summed E-state index contributed by atoms with van der Waals surface area (Å²) in [5, 5.41) is 5.30. The standard InChI is InChI=1S/C25H26N2O4/c1-30-21-9-7-19(8-10-21)25(29)27-15-20(16-27)24(28)26-13-12-18-5-3-4-17-6-11-22(31-2)14-23(17)18/h3-11,14,20H,12-13,15-16H2,1-2H3,(H,26,28). The molecule has 0 radical (unpaired) electrons. The summed E-state index contributed by atoms with van der Waals surface area (Å²) in [6, 6.07) is 19.2. The third kappa shape index (κ3) is 4.48. The molecule has 6 nitrogen and oxygen atoms in total. The second kappa shape index (κ2) is 9.08. The topological polar surface area (TPSA) is 67.9 Å². The first kappa shape index (κ1) is 20.7. The van der Waals surface area contributed by atoms with E-state index < -0.39 is 0 Å². The van der Waals surface area contributed by atoms with Crippen LogP contribution in [0.2, 0.25) is 0 Å². The van der Waals surface area contributed by atoms with Gasteiger partial charge in [-0.2, -0.15) is 0 Å². The summed E-state index contributed by atoms with van der Waals surface area (Å²) in [5.41, 5.74) is 1.77. The maximum Gasteiger partial charge on any atom is 0.253 e. The van der Waals surface area contributed by atoms with Crippen molar-refractivity contribution >= 4 is 22.6 Å². The van der Waals surface area contributed by atoms with E-state index in [-0.39, 0.29) is 17.7 Å². The molecule has 1 aliphatic heterocycles. The van der Waals surface area contributed by atoms with Crippen LogP contribution in [0.4, 0.5) is 0 Å². The van der Waals surface area contributed by atoms with Crippen molar-refractivity contribution in [2.45, 2.75) is 6.42 Å². The van der Waals surface area contributed by atoms with E-state index in [9.17, 15) is 9.59 Å². The molecule has 0 atom stereocenters. The molecule has 4 rings (SSSR count). The molecule has 1 N–H and O–H groups in total. The lowest BCUT2D eigenvalue weighted by molar-refractivity contribution is -0.128. The second-order valence-corrected chi connectivity index (χ2v) is 7.68. The predicted octanol–water partition coefficient (Wildman–Crippen LogP) is 3.29. The number of rotatable bonds is 7. The third-order valence-corrected chi connectivity index (χ3v) is 5.75. The number of nitrogens with zero attached hydrogens (tertiary/aromatic N) is 1. The zero-order chi connectivity index (χ0) is 21.8. The van der Waals surface area contributed by atoms with Gasteiger partial charge in [0.05, 0.1) is 20.1 Å². The van der Waals surface area contributed by atoms with Crippen molar-refractivity contribution in [3.8, 4) is 11.5 Å². The van der Waals surface area contributed by atoms with E-state index in [0.29, 0.717) is 30.9 Å². The summed E-state index contributed by atoms with van der Waals surface area (Å²) in [5.74, 6) is 1.31. The number of benzene rings is 3. The van der Waals surface area contributed by atoms with Crippen LogP contribution in [-0.4, -0.2) is 50.6 Å². The largest absolute Gasteiger partial charge is 0.497 e. The third-order valence-electron chi connectivity index (χ3n) is 5.75. The number of likely N-dealkylation sites (tertiary alicyclic amines) is 1. The van der Waals surface area contributed by atoms with E-state index in [4.69, 9.17) is 9.47 Å². The molecular weight excluding hydrogens is 392 g/mol. The summed E-state index contributed by atoms with van der Waals surface area (Å²) >= 11 is 0. The molecule has 1 fully saturated rings. The highest BCUT2D eigenvalue weighted by Crippen LogP contribution is 2.24. The number of amides is 2. The highest BCUT2D eigenvalue weighted by Gasteiger charge is 2.35. The molecule has 0 bridgehead atoms. The van der Waals surface area contributed by atoms with Gasteiger partial charge >= 0.3 is 0 Å². The Morgan fingerprint density at radius 1 is 0.968 bits per heavy atom. The average Bonchev–Trinajstić information content (AvgIpc) is 2.78. The van der Waals surface area contributed by atoms with Crippen molar-refractivity contribution in [1.29, 1.82) is 0 Å². The number of fused-ring (bicyclic) bond motifs is 1. The molecule has 3 aromatic carbocycles. The fourth-order valence-corrected chi connectivity index (χ4v) is 3.85. The van der Waals surface area contributed by atoms with Crippen molar-refractivity contribution < 1.29 is 19.1 Å². The first-order chi connectivity index (χ1) is 15.1. The lowest BCUT2D eigenvalue weighted by Gasteiger charge is -2.38. The van der Waals surface area contributed by atoms with Gasteiger partial charge in [-0.25, -0.2) is 0 Å². The quantitative estimate of drug-likeness (QED) is 0.639. The Kier molecular flexibility index (Phi) is 6.07. The van der Waals surface area contributed by atoms with Gasteiger partial charge in [-0.15, -0.1) is 0 Å². The van der Waals surface area contributed by atoms with Crippen LogP contribution in [0.3, 0.4) is 0 Å². The molecule has 1 saturated heterocycles. The number of nitrogens with one attached hydrogen (secondary N) is 1. The van der Waals surface area contributed by atoms with E-state index in [1.54, 1.807) is 43.4 Å². The number of hydrogen-bond acceptors (Lipinski definition) is 4. The molecule has 0 unspecified atom stereocenters. The van der Waals surface area contributed by atoms with Crippen molar-refractivity contribution in [3.63, 3.8) is 0 Å². The lowest BCUT2D eigenvalue weighted by atomic mass is 9.97. The number of carbonyl (C=O) groups is 2. The van der Waals surface area contributed by atoms with E-state index in [1.165, 1.54) is 5.56 Å². The zero-order valence-corrected chi connectivity index (χ0v) is 17.8. The van der Waals surface area contributed by atoms with E-state index in [0.717, 1.165) is 22.9 Å². The highest BCUT2D eigenvalue weighted by molar-refractivity contribution is 5.96. The fraction of sp³-hybridized carbons (Fsp3) is 0.280. The first-order valence-electron chi connectivity index (χ1n) is 10.4. The molecule has 6 heteroatoms. The fourth-order valence-electron chi connectivity index (χ4n) is 3.85. The smallest absolute Gasteiger partial charge is 0.253 e. The normalized spacial score (nSPS) is 13.5. The monoisotopic (exact) mass is 418 g/mol. The molecule has 160 valence electrons. The summed E-state index contributed by atoms with van der Waals surface area (Å²) in [6.45, 7) is 1.45. The molecule has 0 aromatic heterocycles. The molecule has 0 spiro atoms. The van der Waals surface area contributed by atoms with Crippen LogP contribution in [0.1, 0.15) is 15.9 Å². The van der Waals surface area contributed by atoms with Crippen LogP contribution in [0.5, 0.6) is 11.5 Å². The van der Waals surface area contributed by atoms with Crippen LogP contribution in [0.15, 0.2) is 60.7 Å². The molecule has 0 aliphatic carbocycles. The van der Waals surface area contributed by atoms with Crippen LogP contribution < -0.4 is 14.8 Å². The minimum absolute atomic E-state index is 0.00315. The predicted molar refractivity (Wildman–Crippen MR) is 120 cm³/mol. The van der Waals surface area contributed by atoms with Gasteiger partial charge in [0.25, 0.3) is 5.91 Å². The maximum absolute atomic E-state index is 12.5. The Balaban J connectivity index is 1.28. The van der Waals surface area contributed by atoms with Crippen LogP contribution in [0, 0.1) is 5.92 Å². The van der Waals surface area contributed by atoms with Crippen LogP contribution in [0.25, 0.3) is 10.8 Å². The molecule has 1 aliphatic rings. The van der Waals surface area contributed by atoms with E-state index in [2.05, 4.69) is 17.4 Å². The van der Waals surface area contributed by atoms with Crippen LogP contribution >= 0.6 is 0 Å². The summed E-state index contributed by atoms with van der Waals surface area (Å²) in [4.78, 5) is 26.7. The van der Waals surface area contributed by atoms with Crippen molar-refractivity contribution in [3.05, 3.63) is 71.8 Å². The minimum atomic E-state index is -0.158. The van der Waals surface area contributed by atoms with Crippen molar-refractivity contribution in [2.75, 3.05) is 33.9 Å². The minimum Gasteiger partial charge on any atom is -0.497 e. The zero-order valence-electron chi connectivity index (χ0n) is 17.8.